The molecule has 1 aliphatic rings. The maximum Gasteiger partial charge on any atom is 0.311 e. The lowest BCUT2D eigenvalue weighted by molar-refractivity contribution is -0.385. The predicted octanol–water partition coefficient (Wildman–Crippen LogP) is 2.73. The maximum absolute atomic E-state index is 13.0. The highest BCUT2D eigenvalue weighted by molar-refractivity contribution is 5.96. The van der Waals surface area contributed by atoms with Crippen molar-refractivity contribution in [3.8, 4) is 5.75 Å². The van der Waals surface area contributed by atoms with Crippen molar-refractivity contribution < 1.29 is 23.6 Å². The van der Waals surface area contributed by atoms with Crippen molar-refractivity contribution >= 4 is 17.5 Å². The number of hydrogen-bond acceptors (Lipinski definition) is 5. The number of ether oxygens (including phenoxy) is 1. The molecule has 0 saturated carbocycles. The zero-order valence-electron chi connectivity index (χ0n) is 15.8. The number of nitro groups is 1. The Morgan fingerprint density at radius 1 is 1.00 bits per heavy atom. The van der Waals surface area contributed by atoms with E-state index in [1.165, 1.54) is 42.5 Å². The molecule has 29 heavy (non-hydrogen) atoms. The van der Waals surface area contributed by atoms with Gasteiger partial charge >= 0.3 is 5.69 Å². The summed E-state index contributed by atoms with van der Waals surface area (Å²) in [7, 11) is 0. The number of nitro benzene ring substituents is 1. The van der Waals surface area contributed by atoms with Gasteiger partial charge < -0.3 is 14.5 Å². The molecule has 3 rings (SSSR count). The van der Waals surface area contributed by atoms with Crippen molar-refractivity contribution in [1.82, 2.24) is 9.80 Å². The zero-order chi connectivity index (χ0) is 21.0. The summed E-state index contributed by atoms with van der Waals surface area (Å²) in [5.41, 5.74) is 0.314. The van der Waals surface area contributed by atoms with E-state index in [0.29, 0.717) is 31.7 Å². The monoisotopic (exact) mass is 401 g/mol. The van der Waals surface area contributed by atoms with E-state index in [0.717, 1.165) is 0 Å². The lowest BCUT2D eigenvalue weighted by atomic mass is 10.1. The molecule has 9 heteroatoms. The van der Waals surface area contributed by atoms with Crippen LogP contribution in [-0.2, 0) is 0 Å². The molecule has 1 heterocycles. The summed E-state index contributed by atoms with van der Waals surface area (Å²) in [6.07, 6.45) is 0. The number of amides is 2. The quantitative estimate of drug-likeness (QED) is 0.567. The Kier molecular flexibility index (Phi) is 6.06. The SMILES string of the molecule is CCOc1ccc(C(=O)N2CCN(C(=O)c3ccc(F)cc3)CC2)cc1[N+](=O)[O-]. The smallest absolute Gasteiger partial charge is 0.311 e. The van der Waals surface area contributed by atoms with E-state index in [9.17, 15) is 24.1 Å². The lowest BCUT2D eigenvalue weighted by Gasteiger charge is -2.34. The second-order valence-electron chi connectivity index (χ2n) is 6.46. The molecule has 0 radical (unpaired) electrons. The van der Waals surface area contributed by atoms with Gasteiger partial charge in [-0.3, -0.25) is 19.7 Å². The number of benzene rings is 2. The van der Waals surface area contributed by atoms with E-state index in [-0.39, 0.29) is 35.4 Å². The molecule has 1 fully saturated rings. The van der Waals surface area contributed by atoms with Gasteiger partial charge in [-0.25, -0.2) is 4.39 Å². The molecule has 0 aromatic heterocycles. The van der Waals surface area contributed by atoms with Crippen molar-refractivity contribution in [2.75, 3.05) is 32.8 Å². The molecule has 152 valence electrons. The molecule has 8 nitrogen and oxygen atoms in total. The highest BCUT2D eigenvalue weighted by Crippen LogP contribution is 2.28. The third kappa shape index (κ3) is 4.50. The van der Waals surface area contributed by atoms with Crippen LogP contribution in [0.3, 0.4) is 0 Å². The molecule has 0 spiro atoms. The van der Waals surface area contributed by atoms with Crippen LogP contribution in [0.1, 0.15) is 27.6 Å². The van der Waals surface area contributed by atoms with E-state index in [2.05, 4.69) is 0 Å². The highest BCUT2D eigenvalue weighted by Gasteiger charge is 2.27. The summed E-state index contributed by atoms with van der Waals surface area (Å²) >= 11 is 0. The molecule has 0 atom stereocenters. The van der Waals surface area contributed by atoms with E-state index in [4.69, 9.17) is 4.74 Å². The average molecular weight is 401 g/mol. The van der Waals surface area contributed by atoms with E-state index in [1.807, 2.05) is 0 Å². The first-order valence-corrected chi connectivity index (χ1v) is 9.16. The van der Waals surface area contributed by atoms with Crippen LogP contribution in [0.2, 0.25) is 0 Å². The van der Waals surface area contributed by atoms with Crippen LogP contribution in [-0.4, -0.2) is 59.3 Å². The minimum Gasteiger partial charge on any atom is -0.487 e. The Morgan fingerprint density at radius 2 is 1.52 bits per heavy atom. The van der Waals surface area contributed by atoms with E-state index in [1.54, 1.807) is 16.7 Å². The van der Waals surface area contributed by atoms with Gasteiger partial charge in [0.15, 0.2) is 5.75 Å². The van der Waals surface area contributed by atoms with Crippen LogP contribution < -0.4 is 4.74 Å². The van der Waals surface area contributed by atoms with Crippen molar-refractivity contribution in [2.45, 2.75) is 6.92 Å². The number of piperazine rings is 1. The Balaban J connectivity index is 1.67. The summed E-state index contributed by atoms with van der Waals surface area (Å²) in [6, 6.07) is 9.43. The normalized spacial score (nSPS) is 13.9. The molecule has 0 aliphatic carbocycles. The number of hydrogen-bond donors (Lipinski definition) is 0. The summed E-state index contributed by atoms with van der Waals surface area (Å²) in [5, 5.41) is 11.3. The van der Waals surface area contributed by atoms with Gasteiger partial charge in [-0.05, 0) is 43.3 Å². The van der Waals surface area contributed by atoms with Gasteiger partial charge in [0.25, 0.3) is 11.8 Å². The maximum atomic E-state index is 13.0. The molecule has 2 aromatic carbocycles. The fourth-order valence-electron chi connectivity index (χ4n) is 3.14. The first kappa shape index (κ1) is 20.2. The number of carbonyl (C=O) groups excluding carboxylic acids is 2. The minimum atomic E-state index is -0.582. The van der Waals surface area contributed by atoms with Gasteiger partial charge in [-0.2, -0.15) is 0 Å². The molecule has 0 bridgehead atoms. The lowest BCUT2D eigenvalue weighted by Crippen LogP contribution is -2.50. The second-order valence-corrected chi connectivity index (χ2v) is 6.46. The van der Waals surface area contributed by atoms with Gasteiger partial charge in [-0.15, -0.1) is 0 Å². The predicted molar refractivity (Wildman–Crippen MR) is 102 cm³/mol. The van der Waals surface area contributed by atoms with E-state index < -0.39 is 10.7 Å². The Morgan fingerprint density at radius 3 is 2.03 bits per heavy atom. The Bertz CT molecular complexity index is 924. The first-order valence-electron chi connectivity index (χ1n) is 9.16. The second kappa shape index (κ2) is 8.68. The van der Waals surface area contributed by atoms with Crippen LogP contribution in [0.25, 0.3) is 0 Å². The van der Waals surface area contributed by atoms with Crippen LogP contribution in [0, 0.1) is 15.9 Å². The third-order valence-corrected chi connectivity index (χ3v) is 4.65. The Hall–Kier alpha value is -3.49. The van der Waals surface area contributed by atoms with Crippen molar-refractivity contribution in [3.05, 3.63) is 69.5 Å². The van der Waals surface area contributed by atoms with E-state index >= 15 is 0 Å². The largest absolute Gasteiger partial charge is 0.487 e. The number of halogens is 1. The molecular weight excluding hydrogens is 381 g/mol. The summed E-state index contributed by atoms with van der Waals surface area (Å²) in [5.74, 6) is -0.871. The first-order chi connectivity index (χ1) is 13.9. The fourth-order valence-corrected chi connectivity index (χ4v) is 3.14. The van der Waals surface area contributed by atoms with Crippen molar-refractivity contribution in [1.29, 1.82) is 0 Å². The molecule has 0 unspecified atom stereocenters. The molecule has 2 amide bonds. The zero-order valence-corrected chi connectivity index (χ0v) is 15.8. The van der Waals surface area contributed by atoms with Gasteiger partial charge in [-0.1, -0.05) is 0 Å². The fraction of sp³-hybridized carbons (Fsp3) is 0.300. The highest BCUT2D eigenvalue weighted by atomic mass is 19.1. The summed E-state index contributed by atoms with van der Waals surface area (Å²) in [6.45, 7) is 3.23. The molecule has 0 N–H and O–H groups in total. The molecule has 1 saturated heterocycles. The minimum absolute atomic E-state index is 0.115. The summed E-state index contributed by atoms with van der Waals surface area (Å²) in [4.78, 5) is 39.0. The Labute approximate surface area is 166 Å². The topological polar surface area (TPSA) is 93.0 Å². The van der Waals surface area contributed by atoms with Gasteiger partial charge in [0.1, 0.15) is 5.82 Å². The molecular formula is C20H20FN3O5. The number of carbonyl (C=O) groups is 2. The molecule has 2 aromatic rings. The van der Waals surface area contributed by atoms with Crippen LogP contribution >= 0.6 is 0 Å². The van der Waals surface area contributed by atoms with Crippen LogP contribution in [0.15, 0.2) is 42.5 Å². The van der Waals surface area contributed by atoms with Crippen LogP contribution in [0.4, 0.5) is 10.1 Å². The van der Waals surface area contributed by atoms with Crippen LogP contribution in [0.5, 0.6) is 5.75 Å². The van der Waals surface area contributed by atoms with Gasteiger partial charge in [0.2, 0.25) is 0 Å². The number of nitrogens with zero attached hydrogens (tertiary/aromatic N) is 3. The van der Waals surface area contributed by atoms with Gasteiger partial charge in [0.05, 0.1) is 11.5 Å². The standard InChI is InChI=1S/C20H20FN3O5/c1-2-29-18-8-5-15(13-17(18)24(27)28)20(26)23-11-9-22(10-12-23)19(25)14-3-6-16(21)7-4-14/h3-8,13H,2,9-12H2,1H3. The molecule has 1 aliphatic heterocycles. The number of rotatable bonds is 5. The third-order valence-electron chi connectivity index (χ3n) is 4.65. The van der Waals surface area contributed by atoms with Crippen molar-refractivity contribution in [2.24, 2.45) is 0 Å². The van der Waals surface area contributed by atoms with Crippen molar-refractivity contribution in [3.63, 3.8) is 0 Å². The van der Waals surface area contributed by atoms with Gasteiger partial charge in [0, 0.05) is 43.4 Å². The summed E-state index contributed by atoms with van der Waals surface area (Å²) < 4.78 is 18.3. The average Bonchev–Trinajstić information content (AvgIpc) is 2.74.